The topological polar surface area (TPSA) is 48.4 Å². The van der Waals surface area contributed by atoms with Gasteiger partial charge in [-0.15, -0.1) is 0 Å². The van der Waals surface area contributed by atoms with E-state index in [0.717, 1.165) is 23.5 Å². The molecule has 0 aliphatic carbocycles. The number of rotatable bonds is 5. The van der Waals surface area contributed by atoms with Gasteiger partial charge < -0.3 is 14.9 Å². The van der Waals surface area contributed by atoms with E-state index in [4.69, 9.17) is 14.9 Å². The molecule has 3 heteroatoms. The van der Waals surface area contributed by atoms with Crippen LogP contribution in [0.25, 0.3) is 0 Å². The first-order valence-corrected chi connectivity index (χ1v) is 5.80. The second-order valence-electron chi connectivity index (χ2n) is 3.86. The standard InChI is InChI=1S/C14H17NO2/c1-2-11-3-5-13(6-4-11)17-10-14-12(9-15)7-8-16-14/h3-8H,2,9-10,15H2,1H3. The van der Waals surface area contributed by atoms with Crippen molar-refractivity contribution in [2.75, 3.05) is 0 Å². The Morgan fingerprint density at radius 1 is 1.18 bits per heavy atom. The summed E-state index contributed by atoms with van der Waals surface area (Å²) in [4.78, 5) is 0. The summed E-state index contributed by atoms with van der Waals surface area (Å²) in [7, 11) is 0. The van der Waals surface area contributed by atoms with E-state index in [1.165, 1.54) is 5.56 Å². The molecule has 0 bridgehead atoms. The van der Waals surface area contributed by atoms with Gasteiger partial charge >= 0.3 is 0 Å². The molecule has 0 aliphatic rings. The fourth-order valence-corrected chi connectivity index (χ4v) is 1.65. The zero-order valence-electron chi connectivity index (χ0n) is 9.98. The maximum absolute atomic E-state index is 5.64. The number of hydrogen-bond donors (Lipinski definition) is 1. The van der Waals surface area contributed by atoms with E-state index in [1.54, 1.807) is 6.26 Å². The van der Waals surface area contributed by atoms with Gasteiger partial charge in [-0.2, -0.15) is 0 Å². The minimum Gasteiger partial charge on any atom is -0.486 e. The summed E-state index contributed by atoms with van der Waals surface area (Å²) < 4.78 is 11.0. The van der Waals surface area contributed by atoms with Crippen LogP contribution in [0.1, 0.15) is 23.8 Å². The number of ether oxygens (including phenoxy) is 1. The van der Waals surface area contributed by atoms with Gasteiger partial charge in [0.25, 0.3) is 0 Å². The first-order chi connectivity index (χ1) is 8.33. The molecule has 17 heavy (non-hydrogen) atoms. The van der Waals surface area contributed by atoms with Gasteiger partial charge in [0.1, 0.15) is 18.1 Å². The SMILES string of the molecule is CCc1ccc(OCc2occc2CN)cc1. The van der Waals surface area contributed by atoms with E-state index in [1.807, 2.05) is 18.2 Å². The summed E-state index contributed by atoms with van der Waals surface area (Å²) in [6.45, 7) is 3.03. The number of hydrogen-bond acceptors (Lipinski definition) is 3. The van der Waals surface area contributed by atoms with E-state index in [0.29, 0.717) is 13.2 Å². The first-order valence-electron chi connectivity index (χ1n) is 5.80. The summed E-state index contributed by atoms with van der Waals surface area (Å²) in [5.74, 6) is 1.65. The van der Waals surface area contributed by atoms with E-state index < -0.39 is 0 Å². The van der Waals surface area contributed by atoms with Gasteiger partial charge in [0, 0.05) is 12.1 Å². The van der Waals surface area contributed by atoms with Crippen LogP contribution in [-0.4, -0.2) is 0 Å². The maximum Gasteiger partial charge on any atom is 0.146 e. The van der Waals surface area contributed by atoms with Crippen molar-refractivity contribution in [2.24, 2.45) is 5.73 Å². The lowest BCUT2D eigenvalue weighted by molar-refractivity contribution is 0.268. The molecule has 3 nitrogen and oxygen atoms in total. The Labute approximate surface area is 101 Å². The monoisotopic (exact) mass is 231 g/mol. The van der Waals surface area contributed by atoms with Crippen LogP contribution in [-0.2, 0) is 19.6 Å². The van der Waals surface area contributed by atoms with Crippen molar-refractivity contribution in [1.29, 1.82) is 0 Å². The summed E-state index contributed by atoms with van der Waals surface area (Å²) in [6, 6.07) is 9.97. The van der Waals surface area contributed by atoms with Crippen molar-refractivity contribution >= 4 is 0 Å². The van der Waals surface area contributed by atoms with Gasteiger partial charge in [-0.3, -0.25) is 0 Å². The van der Waals surface area contributed by atoms with Crippen molar-refractivity contribution in [1.82, 2.24) is 0 Å². The van der Waals surface area contributed by atoms with Gasteiger partial charge in [-0.05, 0) is 30.2 Å². The Kier molecular flexibility index (Phi) is 3.83. The summed E-state index contributed by atoms with van der Waals surface area (Å²) in [5, 5.41) is 0. The molecule has 1 aromatic heterocycles. The quantitative estimate of drug-likeness (QED) is 0.860. The molecule has 0 unspecified atom stereocenters. The van der Waals surface area contributed by atoms with Crippen LogP contribution in [0.3, 0.4) is 0 Å². The van der Waals surface area contributed by atoms with E-state index in [2.05, 4.69) is 19.1 Å². The Hall–Kier alpha value is -1.74. The maximum atomic E-state index is 5.64. The molecular formula is C14H17NO2. The molecular weight excluding hydrogens is 214 g/mol. The molecule has 0 amide bonds. The number of furan rings is 1. The van der Waals surface area contributed by atoms with Gasteiger partial charge in [0.05, 0.1) is 6.26 Å². The normalized spacial score (nSPS) is 10.5. The Morgan fingerprint density at radius 2 is 1.94 bits per heavy atom. The molecule has 0 saturated heterocycles. The number of aryl methyl sites for hydroxylation is 1. The first kappa shape index (κ1) is 11.7. The van der Waals surface area contributed by atoms with Gasteiger partial charge in [0.2, 0.25) is 0 Å². The lowest BCUT2D eigenvalue weighted by Gasteiger charge is -2.06. The smallest absolute Gasteiger partial charge is 0.146 e. The average molecular weight is 231 g/mol. The molecule has 0 spiro atoms. The van der Waals surface area contributed by atoms with Crippen LogP contribution in [0.4, 0.5) is 0 Å². The molecule has 2 N–H and O–H groups in total. The van der Waals surface area contributed by atoms with Crippen molar-refractivity contribution in [2.45, 2.75) is 26.5 Å². The van der Waals surface area contributed by atoms with Crippen LogP contribution in [0.2, 0.25) is 0 Å². The minimum absolute atomic E-state index is 0.422. The van der Waals surface area contributed by atoms with E-state index in [9.17, 15) is 0 Å². The van der Waals surface area contributed by atoms with Crippen molar-refractivity contribution < 1.29 is 9.15 Å². The third-order valence-corrected chi connectivity index (χ3v) is 2.76. The molecule has 0 radical (unpaired) electrons. The Morgan fingerprint density at radius 3 is 2.59 bits per heavy atom. The van der Waals surface area contributed by atoms with E-state index >= 15 is 0 Å². The molecule has 0 aliphatic heterocycles. The summed E-state index contributed by atoms with van der Waals surface area (Å²) in [5.41, 5.74) is 7.89. The molecule has 90 valence electrons. The second-order valence-corrected chi connectivity index (χ2v) is 3.86. The zero-order chi connectivity index (χ0) is 12.1. The molecule has 2 rings (SSSR count). The zero-order valence-corrected chi connectivity index (χ0v) is 9.98. The third-order valence-electron chi connectivity index (χ3n) is 2.76. The summed E-state index contributed by atoms with van der Waals surface area (Å²) >= 11 is 0. The highest BCUT2D eigenvalue weighted by atomic mass is 16.5. The van der Waals surface area contributed by atoms with Crippen molar-refractivity contribution in [3.8, 4) is 5.75 Å². The fraction of sp³-hybridized carbons (Fsp3) is 0.286. The Bertz CT molecular complexity index is 459. The van der Waals surface area contributed by atoms with Crippen LogP contribution >= 0.6 is 0 Å². The van der Waals surface area contributed by atoms with Crippen LogP contribution in [0, 0.1) is 0 Å². The van der Waals surface area contributed by atoms with Crippen LogP contribution < -0.4 is 10.5 Å². The van der Waals surface area contributed by atoms with Gasteiger partial charge in [-0.1, -0.05) is 19.1 Å². The predicted octanol–water partition coefficient (Wildman–Crippen LogP) is 2.88. The molecule has 1 aromatic carbocycles. The number of nitrogens with two attached hydrogens (primary N) is 1. The number of benzene rings is 1. The lowest BCUT2D eigenvalue weighted by atomic mass is 10.2. The summed E-state index contributed by atoms with van der Waals surface area (Å²) in [6.07, 6.45) is 2.68. The Balaban J connectivity index is 1.97. The predicted molar refractivity (Wildman–Crippen MR) is 66.8 cm³/mol. The largest absolute Gasteiger partial charge is 0.486 e. The van der Waals surface area contributed by atoms with Gasteiger partial charge in [-0.25, -0.2) is 0 Å². The van der Waals surface area contributed by atoms with Gasteiger partial charge in [0.15, 0.2) is 0 Å². The lowest BCUT2D eigenvalue weighted by Crippen LogP contribution is -2.01. The minimum atomic E-state index is 0.422. The fourth-order valence-electron chi connectivity index (χ4n) is 1.65. The molecule has 1 heterocycles. The van der Waals surface area contributed by atoms with E-state index in [-0.39, 0.29) is 0 Å². The van der Waals surface area contributed by atoms with Crippen molar-refractivity contribution in [3.63, 3.8) is 0 Å². The van der Waals surface area contributed by atoms with Crippen molar-refractivity contribution in [3.05, 3.63) is 53.5 Å². The third kappa shape index (κ3) is 2.88. The molecule has 0 fully saturated rings. The highest BCUT2D eigenvalue weighted by Gasteiger charge is 2.05. The highest BCUT2D eigenvalue weighted by Crippen LogP contribution is 2.16. The van der Waals surface area contributed by atoms with Crippen LogP contribution in [0.5, 0.6) is 5.75 Å². The second kappa shape index (κ2) is 5.55. The average Bonchev–Trinajstić information content (AvgIpc) is 2.84. The molecule has 0 saturated carbocycles. The molecule has 2 aromatic rings. The van der Waals surface area contributed by atoms with Crippen LogP contribution in [0.15, 0.2) is 41.0 Å². The molecule has 0 atom stereocenters. The highest BCUT2D eigenvalue weighted by molar-refractivity contribution is 5.27.